The van der Waals surface area contributed by atoms with E-state index in [-0.39, 0.29) is 30.2 Å². The monoisotopic (exact) mass is 456 g/mol. The van der Waals surface area contributed by atoms with Crippen LogP contribution < -0.4 is 15.8 Å². The van der Waals surface area contributed by atoms with Crippen molar-refractivity contribution in [2.45, 2.75) is 70.9 Å². The van der Waals surface area contributed by atoms with Gasteiger partial charge < -0.3 is 20.9 Å². The highest BCUT2D eigenvalue weighted by molar-refractivity contribution is 7.90. The summed E-state index contributed by atoms with van der Waals surface area (Å²) >= 11 is 0. The van der Waals surface area contributed by atoms with Crippen molar-refractivity contribution in [1.29, 1.82) is 0 Å². The maximum Gasteiger partial charge on any atom is 0.408 e. The van der Waals surface area contributed by atoms with Gasteiger partial charge in [-0.1, -0.05) is 12.1 Å². The molecule has 1 aromatic carbocycles. The van der Waals surface area contributed by atoms with E-state index in [4.69, 9.17) is 10.5 Å². The Morgan fingerprint density at radius 1 is 1.19 bits per heavy atom. The lowest BCUT2D eigenvalue weighted by Crippen LogP contribution is -2.43. The quantitative estimate of drug-likeness (QED) is 0.264. The Balaban J connectivity index is 2.71. The molecule has 5 N–H and O–H groups in total. The summed E-state index contributed by atoms with van der Waals surface area (Å²) < 4.78 is 32.7. The highest BCUT2D eigenvalue weighted by Crippen LogP contribution is 2.22. The number of nitrogens with zero attached hydrogens (tertiary/aromatic N) is 1. The molecule has 0 heterocycles. The Kier molecular flexibility index (Phi) is 8.85. The van der Waals surface area contributed by atoms with Crippen LogP contribution >= 0.6 is 0 Å². The van der Waals surface area contributed by atoms with Crippen LogP contribution in [-0.2, 0) is 19.6 Å². The van der Waals surface area contributed by atoms with Gasteiger partial charge in [0.05, 0.1) is 4.90 Å². The smallest absolute Gasteiger partial charge is 0.408 e. The highest BCUT2D eigenvalue weighted by Gasteiger charge is 2.24. The minimum atomic E-state index is -3.92. The zero-order chi connectivity index (χ0) is 24.0. The van der Waals surface area contributed by atoms with Crippen LogP contribution in [0.1, 0.15) is 50.3 Å². The van der Waals surface area contributed by atoms with Gasteiger partial charge in [0.15, 0.2) is 0 Å². The number of hydrogen-bond acceptors (Lipinski definition) is 6. The molecule has 0 bridgehead atoms. The third kappa shape index (κ3) is 8.44. The van der Waals surface area contributed by atoms with Crippen LogP contribution in [0.2, 0.25) is 0 Å². The number of benzene rings is 1. The van der Waals surface area contributed by atoms with E-state index in [2.05, 4.69) is 15.0 Å². The number of alkyl carbamates (subject to hydrolysis) is 1. The van der Waals surface area contributed by atoms with Gasteiger partial charge in [0.25, 0.3) is 10.0 Å². The number of aliphatic imine (C=N–C) groups is 1. The van der Waals surface area contributed by atoms with Crippen LogP contribution in [0, 0.1) is 20.8 Å². The summed E-state index contributed by atoms with van der Waals surface area (Å²) in [5, 5.41) is 11.5. The second-order valence-corrected chi connectivity index (χ2v) is 9.82. The molecule has 174 valence electrons. The molecule has 0 spiro atoms. The number of ether oxygens (including phenoxy) is 1. The van der Waals surface area contributed by atoms with Crippen molar-refractivity contribution in [3.05, 3.63) is 28.8 Å². The standard InChI is InChI=1S/C20H32N4O6S/c1-12-9-10-13(2)16(14(12)3)31(28,29)24-18(21)22-11-7-8-15(17(25)26)23-19(27)30-20(4,5)6/h9-10,15H,7-8,11H2,1-6H3,(H,23,27)(H,25,26)(H3,21,22,24)/t15-/m0/s1. The number of rotatable bonds is 8. The van der Waals surface area contributed by atoms with Crippen molar-refractivity contribution >= 4 is 28.0 Å². The molecule has 0 fully saturated rings. The molecule has 1 rings (SSSR count). The zero-order valence-electron chi connectivity index (χ0n) is 18.8. The van der Waals surface area contributed by atoms with E-state index in [1.54, 1.807) is 40.7 Å². The predicted molar refractivity (Wildman–Crippen MR) is 117 cm³/mol. The minimum absolute atomic E-state index is 0.0637. The Morgan fingerprint density at radius 2 is 1.77 bits per heavy atom. The lowest BCUT2D eigenvalue weighted by atomic mass is 10.1. The van der Waals surface area contributed by atoms with Gasteiger partial charge in [-0.3, -0.25) is 4.99 Å². The van der Waals surface area contributed by atoms with Gasteiger partial charge in [-0.05, 0) is 71.1 Å². The van der Waals surface area contributed by atoms with E-state index in [1.807, 2.05) is 13.0 Å². The number of amides is 1. The molecule has 0 aliphatic carbocycles. The summed E-state index contributed by atoms with van der Waals surface area (Å²) in [6.45, 7) is 10.3. The first kappa shape index (κ1) is 26.2. The molecule has 1 aromatic rings. The van der Waals surface area contributed by atoms with Gasteiger partial charge >= 0.3 is 12.1 Å². The summed E-state index contributed by atoms with van der Waals surface area (Å²) in [7, 11) is -3.92. The number of aliphatic carboxylic acids is 1. The molecule has 11 heteroatoms. The number of carbonyl (C=O) groups excluding carboxylic acids is 1. The van der Waals surface area contributed by atoms with Gasteiger partial charge in [-0.15, -0.1) is 0 Å². The molecular weight excluding hydrogens is 424 g/mol. The van der Waals surface area contributed by atoms with Crippen molar-refractivity contribution in [3.63, 3.8) is 0 Å². The molecular formula is C20H32N4O6S. The highest BCUT2D eigenvalue weighted by atomic mass is 32.2. The van der Waals surface area contributed by atoms with Crippen molar-refractivity contribution in [2.24, 2.45) is 10.7 Å². The molecule has 0 saturated heterocycles. The number of carbonyl (C=O) groups is 2. The van der Waals surface area contributed by atoms with E-state index in [9.17, 15) is 23.1 Å². The van der Waals surface area contributed by atoms with E-state index in [0.29, 0.717) is 11.1 Å². The number of carboxylic acid groups (broad SMARTS) is 1. The summed E-state index contributed by atoms with van der Waals surface area (Å²) in [6, 6.07) is 2.39. The van der Waals surface area contributed by atoms with Crippen LogP contribution in [0.3, 0.4) is 0 Å². The van der Waals surface area contributed by atoms with E-state index < -0.39 is 33.7 Å². The fourth-order valence-corrected chi connectivity index (χ4v) is 4.26. The maximum absolute atomic E-state index is 12.7. The fourth-order valence-electron chi connectivity index (χ4n) is 2.76. The van der Waals surface area contributed by atoms with E-state index in [0.717, 1.165) is 5.56 Å². The first-order chi connectivity index (χ1) is 14.1. The lowest BCUT2D eigenvalue weighted by Gasteiger charge is -2.21. The average Bonchev–Trinajstić information content (AvgIpc) is 2.58. The van der Waals surface area contributed by atoms with E-state index in [1.165, 1.54) is 0 Å². The summed E-state index contributed by atoms with van der Waals surface area (Å²) in [6.07, 6.45) is -0.522. The van der Waals surface area contributed by atoms with Crippen LogP contribution in [0.5, 0.6) is 0 Å². The third-order valence-electron chi connectivity index (χ3n) is 4.30. The largest absolute Gasteiger partial charge is 0.480 e. The molecule has 0 unspecified atom stereocenters. The number of nitrogens with one attached hydrogen (secondary N) is 2. The summed E-state index contributed by atoms with van der Waals surface area (Å²) in [5.41, 5.74) is 7.00. The number of sulfonamides is 1. The van der Waals surface area contributed by atoms with Crippen LogP contribution in [0.15, 0.2) is 22.0 Å². The van der Waals surface area contributed by atoms with Crippen molar-refractivity contribution in [1.82, 2.24) is 10.0 Å². The molecule has 31 heavy (non-hydrogen) atoms. The number of aryl methyl sites for hydroxylation is 2. The molecule has 0 aliphatic rings. The second kappa shape index (κ2) is 10.5. The van der Waals surface area contributed by atoms with E-state index >= 15 is 0 Å². The maximum atomic E-state index is 12.7. The van der Waals surface area contributed by atoms with Gasteiger partial charge in [0.2, 0.25) is 5.96 Å². The third-order valence-corrected chi connectivity index (χ3v) is 5.95. The molecule has 10 nitrogen and oxygen atoms in total. The minimum Gasteiger partial charge on any atom is -0.480 e. The normalized spacial score (nSPS) is 13.4. The molecule has 1 amide bonds. The summed E-state index contributed by atoms with van der Waals surface area (Å²) in [4.78, 5) is 27.2. The lowest BCUT2D eigenvalue weighted by molar-refractivity contribution is -0.139. The zero-order valence-corrected chi connectivity index (χ0v) is 19.6. The van der Waals surface area contributed by atoms with Crippen LogP contribution in [0.25, 0.3) is 0 Å². The number of nitrogens with two attached hydrogens (primary N) is 1. The Labute approximate surface area is 183 Å². The van der Waals surface area contributed by atoms with Crippen LogP contribution in [0.4, 0.5) is 4.79 Å². The van der Waals surface area contributed by atoms with Gasteiger partial charge in [0, 0.05) is 6.54 Å². The van der Waals surface area contributed by atoms with Gasteiger partial charge in [0.1, 0.15) is 11.6 Å². The SMILES string of the molecule is Cc1ccc(C)c(S(=O)(=O)NC(N)=NCCC[C@H](NC(=O)OC(C)(C)C)C(=O)O)c1C. The van der Waals surface area contributed by atoms with Crippen molar-refractivity contribution < 1.29 is 27.9 Å². The molecule has 0 saturated carbocycles. The van der Waals surface area contributed by atoms with Crippen LogP contribution in [-0.4, -0.2) is 49.7 Å². The fraction of sp³-hybridized carbons (Fsp3) is 0.550. The predicted octanol–water partition coefficient (Wildman–Crippen LogP) is 1.96. The molecule has 0 radical (unpaired) electrons. The number of guanidine groups is 1. The van der Waals surface area contributed by atoms with Gasteiger partial charge in [-0.25, -0.2) is 22.7 Å². The molecule has 0 aliphatic heterocycles. The Morgan fingerprint density at radius 3 is 2.32 bits per heavy atom. The van der Waals surface area contributed by atoms with Crippen molar-refractivity contribution in [3.8, 4) is 0 Å². The number of hydrogen-bond donors (Lipinski definition) is 4. The Bertz CT molecular complexity index is 951. The molecule has 1 atom stereocenters. The topological polar surface area (TPSA) is 160 Å². The summed E-state index contributed by atoms with van der Waals surface area (Å²) in [5.74, 6) is -1.51. The van der Waals surface area contributed by atoms with Crippen molar-refractivity contribution in [2.75, 3.05) is 6.54 Å². The first-order valence-electron chi connectivity index (χ1n) is 9.76. The average molecular weight is 457 g/mol. The number of carboxylic acids is 1. The first-order valence-corrected chi connectivity index (χ1v) is 11.2. The second-order valence-electron chi connectivity index (χ2n) is 8.21. The molecule has 0 aromatic heterocycles. The Hall–Kier alpha value is -2.82. The van der Waals surface area contributed by atoms with Gasteiger partial charge in [-0.2, -0.15) is 0 Å².